The number of hydrogen-bond acceptors (Lipinski definition) is 7. The first-order valence-corrected chi connectivity index (χ1v) is 10.2. The molecule has 0 aliphatic carbocycles. The maximum atomic E-state index is 12.0. The van der Waals surface area contributed by atoms with Crippen molar-refractivity contribution in [3.05, 3.63) is 35.1 Å². The molecule has 3 rings (SSSR count). The number of anilines is 3. The van der Waals surface area contributed by atoms with Gasteiger partial charge in [0.05, 0.1) is 18.3 Å². The predicted molar refractivity (Wildman–Crippen MR) is 119 cm³/mol. The lowest BCUT2D eigenvalue weighted by molar-refractivity contribution is 0.0996. The average molecular weight is 448 g/mol. The molecule has 1 saturated heterocycles. The molecular formula is C20H26ClN7O3. The summed E-state index contributed by atoms with van der Waals surface area (Å²) in [6, 6.07) is 4.94. The van der Waals surface area contributed by atoms with E-state index in [0.717, 1.165) is 19.4 Å². The third kappa shape index (κ3) is 5.46. The largest absolute Gasteiger partial charge is 0.495 e. The molecule has 1 aromatic heterocycles. The molecule has 10 nitrogen and oxygen atoms in total. The molecule has 1 aliphatic rings. The molecule has 0 saturated carbocycles. The van der Waals surface area contributed by atoms with E-state index >= 15 is 0 Å². The summed E-state index contributed by atoms with van der Waals surface area (Å²) in [5.41, 5.74) is 6.13. The quantitative estimate of drug-likeness (QED) is 0.619. The number of benzene rings is 1. The Labute approximate surface area is 185 Å². The first-order chi connectivity index (χ1) is 14.8. The van der Waals surface area contributed by atoms with Gasteiger partial charge >= 0.3 is 6.03 Å². The zero-order chi connectivity index (χ0) is 22.5. The monoisotopic (exact) mass is 447 g/mol. The first kappa shape index (κ1) is 22.4. The molecule has 2 heterocycles. The van der Waals surface area contributed by atoms with Crippen molar-refractivity contribution in [1.29, 1.82) is 0 Å². The van der Waals surface area contributed by atoms with Crippen LogP contribution in [-0.4, -0.2) is 67.1 Å². The highest BCUT2D eigenvalue weighted by molar-refractivity contribution is 6.32. The van der Waals surface area contributed by atoms with Crippen LogP contribution in [0.5, 0.6) is 5.75 Å². The molecule has 2 aromatic rings. The summed E-state index contributed by atoms with van der Waals surface area (Å²) in [5.74, 6) is 0.593. The molecule has 1 aromatic carbocycles. The normalized spacial score (nSPS) is 15.9. The Morgan fingerprint density at radius 1 is 1.35 bits per heavy atom. The van der Waals surface area contributed by atoms with Gasteiger partial charge in [0.1, 0.15) is 11.6 Å². The van der Waals surface area contributed by atoms with Crippen LogP contribution >= 0.6 is 11.6 Å². The van der Waals surface area contributed by atoms with Crippen LogP contribution in [0.3, 0.4) is 0 Å². The molecule has 1 atom stereocenters. The number of ether oxygens (including phenoxy) is 1. The van der Waals surface area contributed by atoms with Crippen LogP contribution in [0.4, 0.5) is 22.1 Å². The van der Waals surface area contributed by atoms with Crippen molar-refractivity contribution in [2.75, 3.05) is 44.5 Å². The van der Waals surface area contributed by atoms with E-state index in [4.69, 9.17) is 22.1 Å². The minimum atomic E-state index is -0.697. The highest BCUT2D eigenvalue weighted by Crippen LogP contribution is 2.30. The number of amides is 3. The van der Waals surface area contributed by atoms with Gasteiger partial charge in [0.25, 0.3) is 5.91 Å². The Morgan fingerprint density at radius 3 is 2.81 bits per heavy atom. The van der Waals surface area contributed by atoms with Crippen LogP contribution in [0.1, 0.15) is 23.3 Å². The number of hydrogen-bond donors (Lipinski definition) is 3. The van der Waals surface area contributed by atoms with Crippen molar-refractivity contribution in [2.24, 2.45) is 5.73 Å². The fourth-order valence-electron chi connectivity index (χ4n) is 3.28. The Hall–Kier alpha value is -3.27. The van der Waals surface area contributed by atoms with Gasteiger partial charge in [-0.15, -0.1) is 0 Å². The molecule has 1 aliphatic heterocycles. The lowest BCUT2D eigenvalue weighted by atomic mass is 10.1. The predicted octanol–water partition coefficient (Wildman–Crippen LogP) is 2.22. The van der Waals surface area contributed by atoms with Gasteiger partial charge in [-0.3, -0.25) is 4.79 Å². The Balaban J connectivity index is 1.84. The molecule has 0 spiro atoms. The Kier molecular flexibility index (Phi) is 7.01. The molecule has 1 fully saturated rings. The molecule has 0 radical (unpaired) electrons. The number of methoxy groups -OCH3 is 1. The van der Waals surface area contributed by atoms with Gasteiger partial charge in [-0.05, 0) is 25.0 Å². The number of nitrogens with zero attached hydrogens (tertiary/aromatic N) is 4. The topological polar surface area (TPSA) is 126 Å². The highest BCUT2D eigenvalue weighted by atomic mass is 35.5. The lowest BCUT2D eigenvalue weighted by Gasteiger charge is -2.34. The summed E-state index contributed by atoms with van der Waals surface area (Å²) >= 11 is 6.08. The van der Waals surface area contributed by atoms with E-state index in [9.17, 15) is 9.59 Å². The second kappa shape index (κ2) is 9.69. The number of halogens is 1. The number of nitrogens with one attached hydrogen (secondary N) is 2. The number of primary amides is 1. The van der Waals surface area contributed by atoms with E-state index in [-0.39, 0.29) is 23.6 Å². The summed E-state index contributed by atoms with van der Waals surface area (Å²) in [6.07, 6.45) is 3.27. The van der Waals surface area contributed by atoms with E-state index in [2.05, 4.69) is 20.6 Å². The van der Waals surface area contributed by atoms with Gasteiger partial charge < -0.3 is 30.9 Å². The van der Waals surface area contributed by atoms with E-state index in [1.807, 2.05) is 4.90 Å². The molecule has 0 bridgehead atoms. The number of nitrogens with two attached hydrogens (primary N) is 1. The molecule has 4 N–H and O–H groups in total. The SMILES string of the molecule is COc1cc(Nc2nc(N3CCCC(NC(=O)N(C)C)C3)cnc2C(N)=O)ccc1Cl. The smallest absolute Gasteiger partial charge is 0.317 e. The van der Waals surface area contributed by atoms with Crippen molar-refractivity contribution in [3.63, 3.8) is 0 Å². The van der Waals surface area contributed by atoms with Crippen LogP contribution in [-0.2, 0) is 0 Å². The number of carbonyl (C=O) groups is 2. The van der Waals surface area contributed by atoms with Crippen molar-refractivity contribution in [3.8, 4) is 5.75 Å². The van der Waals surface area contributed by atoms with Crippen LogP contribution in [0.15, 0.2) is 24.4 Å². The molecule has 3 amide bonds. The fourth-order valence-corrected chi connectivity index (χ4v) is 3.48. The maximum absolute atomic E-state index is 12.0. The van der Waals surface area contributed by atoms with Crippen LogP contribution < -0.4 is 26.0 Å². The second-order valence-electron chi connectivity index (χ2n) is 7.39. The zero-order valence-electron chi connectivity index (χ0n) is 17.7. The van der Waals surface area contributed by atoms with Gasteiger partial charge in [-0.2, -0.15) is 0 Å². The zero-order valence-corrected chi connectivity index (χ0v) is 18.4. The fraction of sp³-hybridized carbons (Fsp3) is 0.400. The van der Waals surface area contributed by atoms with Crippen molar-refractivity contribution in [1.82, 2.24) is 20.2 Å². The standard InChI is InChI=1S/C20H26ClN7O3/c1-27(2)20(30)25-13-5-4-8-28(11-13)16-10-23-17(18(22)29)19(26-16)24-12-6-7-14(21)15(9-12)31-3/h6-7,9-10,13H,4-5,8,11H2,1-3H3,(H2,22,29)(H,24,26)(H,25,30). The third-order valence-corrected chi connectivity index (χ3v) is 5.20. The van der Waals surface area contributed by atoms with Crippen molar-refractivity contribution < 1.29 is 14.3 Å². The molecular weight excluding hydrogens is 422 g/mol. The van der Waals surface area contributed by atoms with E-state index < -0.39 is 5.91 Å². The van der Waals surface area contributed by atoms with E-state index in [1.165, 1.54) is 18.2 Å². The minimum absolute atomic E-state index is 0.0156. The summed E-state index contributed by atoms with van der Waals surface area (Å²) in [6.45, 7) is 1.34. The first-order valence-electron chi connectivity index (χ1n) is 9.78. The Bertz CT molecular complexity index is 970. The molecule has 31 heavy (non-hydrogen) atoms. The van der Waals surface area contributed by atoms with Gasteiger partial charge in [-0.1, -0.05) is 11.6 Å². The number of urea groups is 1. The van der Waals surface area contributed by atoms with Gasteiger partial charge in [0.2, 0.25) is 0 Å². The molecule has 166 valence electrons. The Morgan fingerprint density at radius 2 is 2.13 bits per heavy atom. The minimum Gasteiger partial charge on any atom is -0.495 e. The van der Waals surface area contributed by atoms with Crippen molar-refractivity contribution >= 4 is 40.9 Å². The van der Waals surface area contributed by atoms with Crippen LogP contribution in [0.2, 0.25) is 5.02 Å². The second-order valence-corrected chi connectivity index (χ2v) is 7.80. The average Bonchev–Trinajstić information content (AvgIpc) is 2.75. The maximum Gasteiger partial charge on any atom is 0.317 e. The molecule has 1 unspecified atom stereocenters. The van der Waals surface area contributed by atoms with E-state index in [0.29, 0.717) is 28.8 Å². The summed E-state index contributed by atoms with van der Waals surface area (Å²) in [7, 11) is 4.92. The number of piperidine rings is 1. The third-order valence-electron chi connectivity index (χ3n) is 4.89. The van der Waals surface area contributed by atoms with E-state index in [1.54, 1.807) is 32.3 Å². The molecule has 11 heteroatoms. The number of rotatable bonds is 6. The summed E-state index contributed by atoms with van der Waals surface area (Å²) < 4.78 is 5.23. The van der Waals surface area contributed by atoms with Gasteiger partial charge in [0, 0.05) is 45.0 Å². The van der Waals surface area contributed by atoms with Gasteiger partial charge in [0.15, 0.2) is 11.5 Å². The number of carbonyl (C=O) groups excluding carboxylic acids is 2. The van der Waals surface area contributed by atoms with Crippen LogP contribution in [0, 0.1) is 0 Å². The highest BCUT2D eigenvalue weighted by Gasteiger charge is 2.24. The number of aromatic nitrogens is 2. The van der Waals surface area contributed by atoms with Crippen LogP contribution in [0.25, 0.3) is 0 Å². The summed E-state index contributed by atoms with van der Waals surface area (Å²) in [4.78, 5) is 36.2. The summed E-state index contributed by atoms with van der Waals surface area (Å²) in [5, 5.41) is 6.54. The van der Waals surface area contributed by atoms with Crippen molar-refractivity contribution in [2.45, 2.75) is 18.9 Å². The lowest BCUT2D eigenvalue weighted by Crippen LogP contribution is -2.50. The van der Waals surface area contributed by atoms with Gasteiger partial charge in [-0.25, -0.2) is 14.8 Å².